The second-order valence-electron chi connectivity index (χ2n) is 10.5. The van der Waals surface area contributed by atoms with Gasteiger partial charge in [-0.2, -0.15) is 0 Å². The quantitative estimate of drug-likeness (QED) is 0.459. The van der Waals surface area contributed by atoms with E-state index in [1.165, 1.54) is 0 Å². The zero-order valence-electron chi connectivity index (χ0n) is 22.6. The van der Waals surface area contributed by atoms with Gasteiger partial charge in [0.1, 0.15) is 23.1 Å². The standard InChI is InChI=1S/C28H37N5O4/c1-7-23-16-33(17-24-25(37-23)9-8-12-29-24)14-20-13-21(11-10-19(20)2)28(5,27(3,4)26(34)35)36-18-22-15-32(6)31-30-22/h8-13,15,23H,7,14,16-18H2,1-6H3,(H,34,35)/t23-,28?/m1/s1. The van der Waals surface area contributed by atoms with Crippen molar-refractivity contribution in [1.29, 1.82) is 0 Å². The summed E-state index contributed by atoms with van der Waals surface area (Å²) >= 11 is 0. The van der Waals surface area contributed by atoms with Gasteiger partial charge in [0.15, 0.2) is 0 Å². The average molecular weight is 508 g/mol. The summed E-state index contributed by atoms with van der Waals surface area (Å²) in [7, 11) is 1.79. The van der Waals surface area contributed by atoms with Crippen LogP contribution in [0.5, 0.6) is 5.75 Å². The summed E-state index contributed by atoms with van der Waals surface area (Å²) < 4.78 is 14.2. The molecule has 2 aromatic heterocycles. The Labute approximate surface area is 218 Å². The molecule has 0 spiro atoms. The molecular formula is C28H37N5O4. The lowest BCUT2D eigenvalue weighted by molar-refractivity contribution is -0.177. The Hall–Kier alpha value is -3.30. The molecule has 1 aliphatic rings. The van der Waals surface area contributed by atoms with Crippen LogP contribution in [-0.4, -0.2) is 48.6 Å². The van der Waals surface area contributed by atoms with E-state index >= 15 is 0 Å². The van der Waals surface area contributed by atoms with E-state index in [9.17, 15) is 9.90 Å². The average Bonchev–Trinajstić information content (AvgIpc) is 3.19. The number of aromatic nitrogens is 4. The van der Waals surface area contributed by atoms with E-state index in [-0.39, 0.29) is 12.7 Å². The molecule has 3 aromatic rings. The van der Waals surface area contributed by atoms with Gasteiger partial charge < -0.3 is 14.6 Å². The van der Waals surface area contributed by atoms with Crippen LogP contribution in [0, 0.1) is 12.3 Å². The molecule has 3 heterocycles. The van der Waals surface area contributed by atoms with Gasteiger partial charge in [0.25, 0.3) is 0 Å². The van der Waals surface area contributed by atoms with Crippen molar-refractivity contribution in [3.63, 3.8) is 0 Å². The maximum Gasteiger partial charge on any atom is 0.312 e. The molecule has 0 fully saturated rings. The Morgan fingerprint density at radius 1 is 1.27 bits per heavy atom. The zero-order valence-corrected chi connectivity index (χ0v) is 22.6. The number of aliphatic carboxylic acids is 1. The summed E-state index contributed by atoms with van der Waals surface area (Å²) in [4.78, 5) is 19.3. The SMILES string of the molecule is CC[C@@H]1CN(Cc2cc(C(C)(OCc3cn(C)nn3)C(C)(C)C(=O)O)ccc2C)Cc2ncccc2O1. The van der Waals surface area contributed by atoms with Crippen LogP contribution in [0.2, 0.25) is 0 Å². The van der Waals surface area contributed by atoms with Crippen LogP contribution in [0.15, 0.2) is 42.7 Å². The van der Waals surface area contributed by atoms with E-state index in [1.807, 2.05) is 31.2 Å². The van der Waals surface area contributed by atoms with E-state index in [4.69, 9.17) is 9.47 Å². The normalized spacial score (nSPS) is 17.9. The molecule has 0 saturated carbocycles. The predicted molar refractivity (Wildman–Crippen MR) is 139 cm³/mol. The number of hydrogen-bond donors (Lipinski definition) is 1. The summed E-state index contributed by atoms with van der Waals surface area (Å²) in [5.74, 6) is -0.0927. The van der Waals surface area contributed by atoms with Crippen molar-refractivity contribution in [2.45, 2.75) is 72.4 Å². The van der Waals surface area contributed by atoms with Crippen LogP contribution >= 0.6 is 0 Å². The second kappa shape index (κ2) is 10.6. The number of rotatable bonds is 9. The van der Waals surface area contributed by atoms with Crippen molar-refractivity contribution in [1.82, 2.24) is 24.9 Å². The van der Waals surface area contributed by atoms with Gasteiger partial charge >= 0.3 is 5.97 Å². The number of carbonyl (C=O) groups is 1. The monoisotopic (exact) mass is 507 g/mol. The molecule has 0 saturated heterocycles. The van der Waals surface area contributed by atoms with E-state index < -0.39 is 17.0 Å². The number of carboxylic acids is 1. The smallest absolute Gasteiger partial charge is 0.312 e. The highest BCUT2D eigenvalue weighted by atomic mass is 16.5. The van der Waals surface area contributed by atoms with Crippen LogP contribution in [0.25, 0.3) is 0 Å². The first-order valence-electron chi connectivity index (χ1n) is 12.7. The summed E-state index contributed by atoms with van der Waals surface area (Å²) in [6, 6.07) is 9.99. The fourth-order valence-electron chi connectivity index (χ4n) is 4.65. The first-order chi connectivity index (χ1) is 17.5. The van der Waals surface area contributed by atoms with Gasteiger partial charge in [0, 0.05) is 32.9 Å². The third kappa shape index (κ3) is 5.52. The molecule has 1 N–H and O–H groups in total. The summed E-state index contributed by atoms with van der Waals surface area (Å²) in [5.41, 5.74) is 2.28. The third-order valence-electron chi connectivity index (χ3n) is 7.61. The number of aryl methyl sites for hydroxylation is 2. The number of carboxylic acid groups (broad SMARTS) is 1. The van der Waals surface area contributed by atoms with Crippen molar-refractivity contribution in [3.8, 4) is 5.75 Å². The highest BCUT2D eigenvalue weighted by Gasteiger charge is 2.49. The van der Waals surface area contributed by atoms with E-state index in [2.05, 4.69) is 40.1 Å². The number of fused-ring (bicyclic) bond motifs is 1. The van der Waals surface area contributed by atoms with Crippen molar-refractivity contribution in [2.24, 2.45) is 12.5 Å². The fourth-order valence-corrected chi connectivity index (χ4v) is 4.65. The lowest BCUT2D eigenvalue weighted by Crippen LogP contribution is -2.47. The van der Waals surface area contributed by atoms with Gasteiger partial charge in [-0.05, 0) is 62.9 Å². The molecule has 2 atom stereocenters. The van der Waals surface area contributed by atoms with Gasteiger partial charge in [-0.25, -0.2) is 0 Å². The van der Waals surface area contributed by atoms with Gasteiger partial charge in [0.2, 0.25) is 0 Å². The van der Waals surface area contributed by atoms with Crippen molar-refractivity contribution in [2.75, 3.05) is 6.54 Å². The Bertz CT molecular complexity index is 1260. The van der Waals surface area contributed by atoms with Crippen molar-refractivity contribution >= 4 is 5.97 Å². The van der Waals surface area contributed by atoms with Gasteiger partial charge in [-0.15, -0.1) is 5.10 Å². The number of nitrogens with zero attached hydrogens (tertiary/aromatic N) is 5. The first-order valence-corrected chi connectivity index (χ1v) is 12.7. The molecular weight excluding hydrogens is 470 g/mol. The van der Waals surface area contributed by atoms with Gasteiger partial charge in [-0.1, -0.05) is 30.3 Å². The molecule has 0 aliphatic carbocycles. The molecule has 9 heteroatoms. The second-order valence-corrected chi connectivity index (χ2v) is 10.5. The molecule has 0 amide bonds. The predicted octanol–water partition coefficient (Wildman–Crippen LogP) is 4.23. The van der Waals surface area contributed by atoms with Crippen LogP contribution in [0.1, 0.15) is 62.2 Å². The maximum absolute atomic E-state index is 12.4. The lowest BCUT2D eigenvalue weighted by atomic mass is 9.71. The van der Waals surface area contributed by atoms with Crippen LogP contribution in [0.3, 0.4) is 0 Å². The summed E-state index contributed by atoms with van der Waals surface area (Å²) in [5, 5.41) is 18.2. The van der Waals surface area contributed by atoms with E-state index in [1.54, 1.807) is 38.0 Å². The molecule has 0 radical (unpaired) electrons. The van der Waals surface area contributed by atoms with E-state index in [0.717, 1.165) is 41.1 Å². The maximum atomic E-state index is 12.4. The zero-order chi connectivity index (χ0) is 26.8. The molecule has 4 rings (SSSR count). The van der Waals surface area contributed by atoms with Crippen LogP contribution in [0.4, 0.5) is 0 Å². The van der Waals surface area contributed by atoms with Crippen LogP contribution in [-0.2, 0) is 41.9 Å². The number of hydrogen-bond acceptors (Lipinski definition) is 7. The summed E-state index contributed by atoms with van der Waals surface area (Å²) in [6.45, 7) is 11.7. The minimum atomic E-state index is -1.21. The van der Waals surface area contributed by atoms with Crippen molar-refractivity contribution < 1.29 is 19.4 Å². The topological polar surface area (TPSA) is 103 Å². The number of pyridine rings is 1. The molecule has 1 aliphatic heterocycles. The Morgan fingerprint density at radius 2 is 2.05 bits per heavy atom. The Kier molecular flexibility index (Phi) is 7.66. The first kappa shape index (κ1) is 26.8. The molecule has 1 unspecified atom stereocenters. The highest BCUT2D eigenvalue weighted by Crippen LogP contribution is 2.44. The number of ether oxygens (including phenoxy) is 2. The molecule has 198 valence electrons. The minimum absolute atomic E-state index is 0.0699. The number of benzene rings is 1. The minimum Gasteiger partial charge on any atom is -0.487 e. The third-order valence-corrected chi connectivity index (χ3v) is 7.61. The molecule has 37 heavy (non-hydrogen) atoms. The summed E-state index contributed by atoms with van der Waals surface area (Å²) in [6.07, 6.45) is 4.53. The fraction of sp³-hybridized carbons (Fsp3) is 0.500. The van der Waals surface area contributed by atoms with Gasteiger partial charge in [0.05, 0.1) is 23.9 Å². The van der Waals surface area contributed by atoms with Gasteiger partial charge in [-0.3, -0.25) is 19.4 Å². The highest BCUT2D eigenvalue weighted by molar-refractivity contribution is 5.75. The molecule has 0 bridgehead atoms. The Balaban J connectivity index is 1.66. The Morgan fingerprint density at radius 3 is 2.73 bits per heavy atom. The van der Waals surface area contributed by atoms with Crippen LogP contribution < -0.4 is 4.74 Å². The van der Waals surface area contributed by atoms with E-state index in [0.29, 0.717) is 18.8 Å². The lowest BCUT2D eigenvalue weighted by Gasteiger charge is -2.41. The molecule has 9 nitrogen and oxygen atoms in total. The molecule has 1 aromatic carbocycles. The largest absolute Gasteiger partial charge is 0.487 e. The van der Waals surface area contributed by atoms with Crippen molar-refractivity contribution in [3.05, 3.63) is 70.8 Å².